The number of aliphatic hydroxyl groups is 1. The van der Waals surface area contributed by atoms with Crippen LogP contribution in [0.4, 0.5) is 4.79 Å². The van der Waals surface area contributed by atoms with Crippen LogP contribution < -0.4 is 0 Å². The summed E-state index contributed by atoms with van der Waals surface area (Å²) in [5.41, 5.74) is 2.39. The average molecular weight is 248 g/mol. The average Bonchev–Trinajstić information content (AvgIpc) is 2.64. The van der Waals surface area contributed by atoms with Crippen LogP contribution in [-0.4, -0.2) is 47.7 Å². The van der Waals surface area contributed by atoms with Gasteiger partial charge in [0.25, 0.3) is 0 Å². The van der Waals surface area contributed by atoms with E-state index in [4.69, 9.17) is 5.11 Å². The summed E-state index contributed by atoms with van der Waals surface area (Å²) in [5.74, 6) is 0. The highest BCUT2D eigenvalue weighted by Gasteiger charge is 2.34. The van der Waals surface area contributed by atoms with Crippen LogP contribution in [0.3, 0.4) is 0 Å². The van der Waals surface area contributed by atoms with Crippen LogP contribution in [0, 0.1) is 6.92 Å². The lowest BCUT2D eigenvalue weighted by molar-refractivity contribution is 0.191. The molecule has 18 heavy (non-hydrogen) atoms. The van der Waals surface area contributed by atoms with Crippen molar-refractivity contribution in [1.82, 2.24) is 9.80 Å². The number of urea groups is 1. The smallest absolute Gasteiger partial charge is 0.320 e. The molecule has 2 amide bonds. The standard InChI is InChI=1S/C14H20N2O2/c1-11-5-3-6-12(9-11)13-10-16(7-4-8-17)14(18)15(13)2/h3,5-6,9,13,17H,4,7-8,10H2,1-2H3. The van der Waals surface area contributed by atoms with E-state index in [0.717, 1.165) is 0 Å². The Bertz CT molecular complexity index is 434. The number of carbonyl (C=O) groups is 1. The lowest BCUT2D eigenvalue weighted by Gasteiger charge is -2.18. The van der Waals surface area contributed by atoms with Gasteiger partial charge in [0, 0.05) is 26.7 Å². The molecule has 1 heterocycles. The molecule has 0 saturated carbocycles. The van der Waals surface area contributed by atoms with E-state index in [-0.39, 0.29) is 18.7 Å². The maximum absolute atomic E-state index is 12.1. The quantitative estimate of drug-likeness (QED) is 0.882. The number of likely N-dealkylation sites (N-methyl/N-ethyl adjacent to an activating group) is 1. The first-order chi connectivity index (χ1) is 8.63. The van der Waals surface area contributed by atoms with E-state index in [1.165, 1.54) is 11.1 Å². The minimum absolute atomic E-state index is 0.0509. The second-order valence-corrected chi connectivity index (χ2v) is 4.85. The van der Waals surface area contributed by atoms with E-state index in [1.807, 2.05) is 18.0 Å². The Balaban J connectivity index is 2.13. The first-order valence-corrected chi connectivity index (χ1v) is 6.32. The van der Waals surface area contributed by atoms with Crippen molar-refractivity contribution in [1.29, 1.82) is 0 Å². The van der Waals surface area contributed by atoms with Crippen LogP contribution in [0.15, 0.2) is 24.3 Å². The van der Waals surface area contributed by atoms with Gasteiger partial charge in [0.15, 0.2) is 0 Å². The van der Waals surface area contributed by atoms with Gasteiger partial charge in [-0.25, -0.2) is 4.79 Å². The number of rotatable bonds is 4. The highest BCUT2D eigenvalue weighted by Crippen LogP contribution is 2.28. The van der Waals surface area contributed by atoms with E-state index in [1.54, 1.807) is 4.90 Å². The summed E-state index contributed by atoms with van der Waals surface area (Å²) in [6.07, 6.45) is 0.639. The molecule has 1 N–H and O–H groups in total. The van der Waals surface area contributed by atoms with Crippen molar-refractivity contribution in [3.05, 3.63) is 35.4 Å². The number of hydrogen-bond donors (Lipinski definition) is 1. The maximum atomic E-state index is 12.1. The van der Waals surface area contributed by atoms with E-state index in [2.05, 4.69) is 25.1 Å². The Morgan fingerprint density at radius 2 is 2.22 bits per heavy atom. The molecule has 4 nitrogen and oxygen atoms in total. The first kappa shape index (κ1) is 12.9. The van der Waals surface area contributed by atoms with Gasteiger partial charge in [-0.05, 0) is 18.9 Å². The van der Waals surface area contributed by atoms with Gasteiger partial charge < -0.3 is 14.9 Å². The van der Waals surface area contributed by atoms with Crippen molar-refractivity contribution >= 4 is 6.03 Å². The molecule has 1 aromatic rings. The molecule has 1 saturated heterocycles. The topological polar surface area (TPSA) is 43.8 Å². The maximum Gasteiger partial charge on any atom is 0.320 e. The molecule has 0 bridgehead atoms. The predicted octanol–water partition coefficient (Wildman–Crippen LogP) is 1.79. The van der Waals surface area contributed by atoms with Crippen LogP contribution in [0.1, 0.15) is 23.6 Å². The van der Waals surface area contributed by atoms with Crippen LogP contribution in [0.5, 0.6) is 0 Å². The van der Waals surface area contributed by atoms with Gasteiger partial charge in [-0.1, -0.05) is 29.8 Å². The Hall–Kier alpha value is -1.55. The highest BCUT2D eigenvalue weighted by molar-refractivity contribution is 5.77. The monoisotopic (exact) mass is 248 g/mol. The van der Waals surface area contributed by atoms with Crippen molar-refractivity contribution in [3.63, 3.8) is 0 Å². The van der Waals surface area contributed by atoms with Crippen LogP contribution >= 0.6 is 0 Å². The largest absolute Gasteiger partial charge is 0.396 e. The fourth-order valence-electron chi connectivity index (χ4n) is 2.42. The van der Waals surface area contributed by atoms with E-state index < -0.39 is 0 Å². The lowest BCUT2D eigenvalue weighted by atomic mass is 10.0. The molecule has 2 rings (SSSR count). The Morgan fingerprint density at radius 3 is 2.89 bits per heavy atom. The Morgan fingerprint density at radius 1 is 1.44 bits per heavy atom. The molecule has 1 aliphatic heterocycles. The summed E-state index contributed by atoms with van der Waals surface area (Å²) in [6, 6.07) is 8.45. The number of benzene rings is 1. The molecule has 1 unspecified atom stereocenters. The van der Waals surface area contributed by atoms with Crippen molar-refractivity contribution in [2.45, 2.75) is 19.4 Å². The summed E-state index contributed by atoms with van der Waals surface area (Å²) < 4.78 is 0. The molecule has 1 atom stereocenters. The molecule has 4 heteroatoms. The molecule has 98 valence electrons. The third-order valence-corrected chi connectivity index (χ3v) is 3.45. The molecule has 1 fully saturated rings. The van der Waals surface area contributed by atoms with Gasteiger partial charge in [-0.3, -0.25) is 0 Å². The minimum atomic E-state index is 0.0509. The minimum Gasteiger partial charge on any atom is -0.396 e. The molecule has 0 aliphatic carbocycles. The molecular formula is C14H20N2O2. The van der Waals surface area contributed by atoms with Crippen LogP contribution in [0.25, 0.3) is 0 Å². The second-order valence-electron chi connectivity index (χ2n) is 4.85. The van der Waals surface area contributed by atoms with Crippen LogP contribution in [-0.2, 0) is 0 Å². The predicted molar refractivity (Wildman–Crippen MR) is 70.4 cm³/mol. The molecule has 1 aliphatic rings. The van der Waals surface area contributed by atoms with Gasteiger partial charge in [0.05, 0.1) is 6.04 Å². The van der Waals surface area contributed by atoms with Gasteiger partial charge >= 0.3 is 6.03 Å². The van der Waals surface area contributed by atoms with Gasteiger partial charge in [-0.15, -0.1) is 0 Å². The van der Waals surface area contributed by atoms with Crippen molar-refractivity contribution < 1.29 is 9.90 Å². The number of hydrogen-bond acceptors (Lipinski definition) is 2. The zero-order valence-corrected chi connectivity index (χ0v) is 11.0. The Labute approximate surface area is 108 Å². The van der Waals surface area contributed by atoms with E-state index >= 15 is 0 Å². The summed E-state index contributed by atoms with van der Waals surface area (Å²) in [4.78, 5) is 15.6. The number of aliphatic hydroxyl groups excluding tert-OH is 1. The molecule has 1 aromatic carbocycles. The highest BCUT2D eigenvalue weighted by atomic mass is 16.3. The van der Waals surface area contributed by atoms with Crippen LogP contribution in [0.2, 0.25) is 0 Å². The van der Waals surface area contributed by atoms with Crippen molar-refractivity contribution in [2.24, 2.45) is 0 Å². The number of amides is 2. The summed E-state index contributed by atoms with van der Waals surface area (Å²) in [5, 5.41) is 8.85. The zero-order chi connectivity index (χ0) is 13.1. The van der Waals surface area contributed by atoms with Crippen molar-refractivity contribution in [2.75, 3.05) is 26.7 Å². The van der Waals surface area contributed by atoms with Gasteiger partial charge in [0.2, 0.25) is 0 Å². The fraction of sp³-hybridized carbons (Fsp3) is 0.500. The number of aryl methyl sites for hydroxylation is 1. The number of carbonyl (C=O) groups excluding carboxylic acids is 1. The third kappa shape index (κ3) is 2.48. The zero-order valence-electron chi connectivity index (χ0n) is 11.0. The summed E-state index contributed by atoms with van der Waals surface area (Å²) in [7, 11) is 1.84. The number of nitrogens with zero attached hydrogens (tertiary/aromatic N) is 2. The summed E-state index contributed by atoms with van der Waals surface area (Å²) >= 11 is 0. The molecular weight excluding hydrogens is 228 g/mol. The van der Waals surface area contributed by atoms with Gasteiger partial charge in [0.1, 0.15) is 0 Å². The molecule has 0 spiro atoms. The van der Waals surface area contributed by atoms with Crippen molar-refractivity contribution in [3.8, 4) is 0 Å². The first-order valence-electron chi connectivity index (χ1n) is 6.32. The van der Waals surface area contributed by atoms with Gasteiger partial charge in [-0.2, -0.15) is 0 Å². The van der Waals surface area contributed by atoms with E-state index in [9.17, 15) is 4.79 Å². The second kappa shape index (κ2) is 5.40. The normalized spacial score (nSPS) is 19.7. The third-order valence-electron chi connectivity index (χ3n) is 3.45. The SMILES string of the molecule is Cc1cccc(C2CN(CCCO)C(=O)N2C)c1. The summed E-state index contributed by atoms with van der Waals surface area (Å²) in [6.45, 7) is 3.52. The lowest BCUT2D eigenvalue weighted by Crippen LogP contribution is -2.30. The molecule has 0 radical (unpaired) electrons. The van der Waals surface area contributed by atoms with E-state index in [0.29, 0.717) is 19.5 Å². The fourth-order valence-corrected chi connectivity index (χ4v) is 2.42. The Kier molecular flexibility index (Phi) is 3.87. The molecule has 0 aromatic heterocycles.